The van der Waals surface area contributed by atoms with Gasteiger partial charge in [-0.2, -0.15) is 0 Å². The number of benzene rings is 1. The number of aryl methyl sites for hydroxylation is 2. The molecule has 0 amide bonds. The van der Waals surface area contributed by atoms with Gasteiger partial charge in [-0.25, -0.2) is 0 Å². The van der Waals surface area contributed by atoms with Gasteiger partial charge in [-0.05, 0) is 55.0 Å². The van der Waals surface area contributed by atoms with Crippen molar-refractivity contribution in [3.8, 4) is 11.5 Å². The number of thiophene rings is 1. The van der Waals surface area contributed by atoms with Gasteiger partial charge in [0, 0.05) is 15.8 Å². The van der Waals surface area contributed by atoms with Crippen molar-refractivity contribution in [2.45, 2.75) is 31.7 Å². The molecule has 3 rings (SSSR count). The highest BCUT2D eigenvalue weighted by atomic mass is 32.1. The number of rotatable bonds is 4. The second-order valence-corrected chi connectivity index (χ2v) is 6.60. The maximum atomic E-state index is 6.47. The Balaban J connectivity index is 1.93. The summed E-state index contributed by atoms with van der Waals surface area (Å²) in [6.45, 7) is 0. The van der Waals surface area contributed by atoms with E-state index in [2.05, 4.69) is 6.07 Å². The van der Waals surface area contributed by atoms with Crippen LogP contribution in [0.4, 0.5) is 0 Å². The SMILES string of the molecule is COc1cc(OC)cc(C(N)c2cc3c(s2)CCCC3)c1. The maximum absolute atomic E-state index is 6.47. The van der Waals surface area contributed by atoms with Gasteiger partial charge in [-0.15, -0.1) is 11.3 Å². The summed E-state index contributed by atoms with van der Waals surface area (Å²) in [6.07, 6.45) is 4.99. The number of ether oxygens (including phenoxy) is 2. The van der Waals surface area contributed by atoms with Crippen LogP contribution in [0.2, 0.25) is 0 Å². The summed E-state index contributed by atoms with van der Waals surface area (Å²) in [6, 6.07) is 8.02. The normalized spacial score (nSPS) is 15.4. The van der Waals surface area contributed by atoms with Gasteiger partial charge < -0.3 is 15.2 Å². The van der Waals surface area contributed by atoms with Gasteiger partial charge in [-0.3, -0.25) is 0 Å². The van der Waals surface area contributed by atoms with Crippen molar-refractivity contribution in [3.05, 3.63) is 45.1 Å². The van der Waals surface area contributed by atoms with E-state index >= 15 is 0 Å². The van der Waals surface area contributed by atoms with E-state index in [-0.39, 0.29) is 6.04 Å². The van der Waals surface area contributed by atoms with E-state index in [1.165, 1.54) is 41.0 Å². The molecule has 112 valence electrons. The molecule has 3 nitrogen and oxygen atoms in total. The van der Waals surface area contributed by atoms with E-state index in [4.69, 9.17) is 15.2 Å². The first kappa shape index (κ1) is 14.4. The molecule has 0 saturated carbocycles. The van der Waals surface area contributed by atoms with Crippen LogP contribution in [-0.2, 0) is 12.8 Å². The summed E-state index contributed by atoms with van der Waals surface area (Å²) < 4.78 is 10.7. The zero-order valence-electron chi connectivity index (χ0n) is 12.5. The zero-order chi connectivity index (χ0) is 14.8. The first-order chi connectivity index (χ1) is 10.2. The molecule has 2 N–H and O–H groups in total. The summed E-state index contributed by atoms with van der Waals surface area (Å²) in [7, 11) is 3.32. The Labute approximate surface area is 129 Å². The molecule has 1 aliphatic carbocycles. The van der Waals surface area contributed by atoms with Gasteiger partial charge in [-0.1, -0.05) is 0 Å². The van der Waals surface area contributed by atoms with Crippen molar-refractivity contribution in [2.75, 3.05) is 14.2 Å². The topological polar surface area (TPSA) is 44.5 Å². The summed E-state index contributed by atoms with van der Waals surface area (Å²) in [5.74, 6) is 1.56. The monoisotopic (exact) mass is 303 g/mol. The third-order valence-corrected chi connectivity index (χ3v) is 5.38. The predicted octanol–water partition coefficient (Wildman–Crippen LogP) is 3.69. The summed E-state index contributed by atoms with van der Waals surface area (Å²) >= 11 is 1.86. The van der Waals surface area contributed by atoms with Gasteiger partial charge in [0.15, 0.2) is 0 Å². The lowest BCUT2D eigenvalue weighted by molar-refractivity contribution is 0.393. The molecule has 4 heteroatoms. The van der Waals surface area contributed by atoms with E-state index < -0.39 is 0 Å². The smallest absolute Gasteiger partial charge is 0.122 e. The van der Waals surface area contributed by atoms with Crippen molar-refractivity contribution >= 4 is 11.3 Å². The Kier molecular flexibility index (Phi) is 4.17. The minimum atomic E-state index is -0.121. The molecule has 2 aromatic rings. The third-order valence-electron chi connectivity index (χ3n) is 4.06. The molecule has 0 fully saturated rings. The maximum Gasteiger partial charge on any atom is 0.122 e. The van der Waals surface area contributed by atoms with E-state index in [1.807, 2.05) is 29.5 Å². The molecule has 1 aromatic carbocycles. The Hall–Kier alpha value is -1.52. The van der Waals surface area contributed by atoms with Crippen LogP contribution in [-0.4, -0.2) is 14.2 Å². The molecular weight excluding hydrogens is 282 g/mol. The van der Waals surface area contributed by atoms with Crippen molar-refractivity contribution < 1.29 is 9.47 Å². The van der Waals surface area contributed by atoms with Gasteiger partial charge in [0.1, 0.15) is 11.5 Å². The quantitative estimate of drug-likeness (QED) is 0.937. The molecule has 1 aliphatic rings. The number of nitrogens with two attached hydrogens (primary N) is 1. The average Bonchev–Trinajstić information content (AvgIpc) is 2.97. The fourth-order valence-corrected chi connectivity index (χ4v) is 4.13. The van der Waals surface area contributed by atoms with Gasteiger partial charge in [0.2, 0.25) is 0 Å². The first-order valence-electron chi connectivity index (χ1n) is 7.31. The molecule has 0 spiro atoms. The van der Waals surface area contributed by atoms with E-state index in [0.717, 1.165) is 17.1 Å². The summed E-state index contributed by atoms with van der Waals surface area (Å²) in [5.41, 5.74) is 9.00. The highest BCUT2D eigenvalue weighted by Crippen LogP contribution is 2.36. The fourth-order valence-electron chi connectivity index (χ4n) is 2.84. The van der Waals surface area contributed by atoms with Crippen LogP contribution in [0, 0.1) is 0 Å². The number of hydrogen-bond donors (Lipinski definition) is 1. The Morgan fingerprint density at radius 3 is 2.29 bits per heavy atom. The standard InChI is InChI=1S/C17H21NO2S/c1-19-13-7-12(8-14(10-13)20-2)17(18)16-9-11-5-3-4-6-15(11)21-16/h7-10,17H,3-6,18H2,1-2H3. The van der Waals surface area contributed by atoms with E-state index in [1.54, 1.807) is 14.2 Å². The molecular formula is C17H21NO2S. The highest BCUT2D eigenvalue weighted by Gasteiger charge is 2.19. The van der Waals surface area contributed by atoms with Crippen LogP contribution in [0.5, 0.6) is 11.5 Å². The zero-order valence-corrected chi connectivity index (χ0v) is 13.3. The van der Waals surface area contributed by atoms with Crippen LogP contribution in [0.1, 0.15) is 39.8 Å². The Morgan fingerprint density at radius 2 is 1.67 bits per heavy atom. The van der Waals surface area contributed by atoms with Crippen molar-refractivity contribution in [2.24, 2.45) is 5.73 Å². The van der Waals surface area contributed by atoms with Crippen LogP contribution in [0.25, 0.3) is 0 Å². The predicted molar refractivity (Wildman–Crippen MR) is 86.5 cm³/mol. The molecule has 0 bridgehead atoms. The highest BCUT2D eigenvalue weighted by molar-refractivity contribution is 7.12. The molecule has 0 aliphatic heterocycles. The molecule has 21 heavy (non-hydrogen) atoms. The largest absolute Gasteiger partial charge is 0.497 e. The third kappa shape index (κ3) is 2.92. The lowest BCUT2D eigenvalue weighted by Crippen LogP contribution is -2.10. The number of fused-ring (bicyclic) bond motifs is 1. The molecule has 1 heterocycles. The fraction of sp³-hybridized carbons (Fsp3) is 0.412. The molecule has 0 radical (unpaired) electrons. The van der Waals surface area contributed by atoms with Crippen molar-refractivity contribution in [1.29, 1.82) is 0 Å². The summed E-state index contributed by atoms with van der Waals surface area (Å²) in [5, 5.41) is 0. The number of methoxy groups -OCH3 is 2. The lowest BCUT2D eigenvalue weighted by Gasteiger charge is -2.13. The van der Waals surface area contributed by atoms with Gasteiger partial charge in [0.25, 0.3) is 0 Å². The van der Waals surface area contributed by atoms with Crippen molar-refractivity contribution in [1.82, 2.24) is 0 Å². The first-order valence-corrected chi connectivity index (χ1v) is 8.13. The second kappa shape index (κ2) is 6.08. The van der Waals surface area contributed by atoms with Crippen LogP contribution in [0.15, 0.2) is 24.3 Å². The van der Waals surface area contributed by atoms with Crippen molar-refractivity contribution in [3.63, 3.8) is 0 Å². The van der Waals surface area contributed by atoms with E-state index in [0.29, 0.717) is 0 Å². The molecule has 0 saturated heterocycles. The van der Waals surface area contributed by atoms with Crippen LogP contribution in [0.3, 0.4) is 0 Å². The van der Waals surface area contributed by atoms with Crippen LogP contribution >= 0.6 is 11.3 Å². The molecule has 1 atom stereocenters. The number of hydrogen-bond acceptors (Lipinski definition) is 4. The Morgan fingerprint density at radius 1 is 1.00 bits per heavy atom. The minimum absolute atomic E-state index is 0.121. The minimum Gasteiger partial charge on any atom is -0.497 e. The van der Waals surface area contributed by atoms with E-state index in [9.17, 15) is 0 Å². The van der Waals surface area contributed by atoms with Gasteiger partial charge in [0.05, 0.1) is 20.3 Å². The lowest BCUT2D eigenvalue weighted by atomic mass is 9.98. The average molecular weight is 303 g/mol. The summed E-state index contributed by atoms with van der Waals surface area (Å²) in [4.78, 5) is 2.75. The molecule has 1 unspecified atom stereocenters. The Bertz CT molecular complexity index is 590. The van der Waals surface area contributed by atoms with Gasteiger partial charge >= 0.3 is 0 Å². The van der Waals surface area contributed by atoms with Crippen LogP contribution < -0.4 is 15.2 Å². The second-order valence-electron chi connectivity index (χ2n) is 5.43. The molecule has 1 aromatic heterocycles.